The van der Waals surface area contributed by atoms with E-state index in [2.05, 4.69) is 17.0 Å². The molecule has 1 aromatic rings. The number of hydrogen-bond acceptors (Lipinski definition) is 3. The van der Waals surface area contributed by atoms with E-state index in [0.29, 0.717) is 19.5 Å². The molecular formula is C10H15N3O. The van der Waals surface area contributed by atoms with Gasteiger partial charge in [-0.15, -0.1) is 6.58 Å². The third-order valence-corrected chi connectivity index (χ3v) is 1.76. The molecule has 0 radical (unpaired) electrons. The van der Waals surface area contributed by atoms with Crippen LogP contribution in [0, 0.1) is 0 Å². The molecule has 0 bridgehead atoms. The predicted octanol–water partition coefficient (Wildman–Crippen LogP) is 0.307. The first-order valence-corrected chi connectivity index (χ1v) is 4.54. The summed E-state index contributed by atoms with van der Waals surface area (Å²) in [5.41, 5.74) is 0.818. The standard InChI is InChI=1S/C10H15N3O/c1-3-5-11-8-10(14)7-9-4-6-13(2)12-9/h3-4,6,11H,1,5,7-8H2,2H3. The highest BCUT2D eigenvalue weighted by molar-refractivity contribution is 5.82. The zero-order chi connectivity index (χ0) is 10.4. The molecule has 0 spiro atoms. The number of nitrogens with zero attached hydrogens (tertiary/aromatic N) is 2. The van der Waals surface area contributed by atoms with Gasteiger partial charge in [-0.1, -0.05) is 6.08 Å². The summed E-state index contributed by atoms with van der Waals surface area (Å²) in [6.45, 7) is 4.59. The number of rotatable bonds is 6. The van der Waals surface area contributed by atoms with E-state index in [9.17, 15) is 4.79 Å². The van der Waals surface area contributed by atoms with Crippen molar-refractivity contribution in [2.75, 3.05) is 13.1 Å². The summed E-state index contributed by atoms with van der Waals surface area (Å²) in [6.07, 6.45) is 3.96. The fourth-order valence-electron chi connectivity index (χ4n) is 1.14. The second-order valence-electron chi connectivity index (χ2n) is 3.12. The van der Waals surface area contributed by atoms with Crippen LogP contribution in [-0.4, -0.2) is 28.7 Å². The van der Waals surface area contributed by atoms with Crippen molar-refractivity contribution in [1.29, 1.82) is 0 Å². The zero-order valence-corrected chi connectivity index (χ0v) is 8.36. The molecule has 1 N–H and O–H groups in total. The number of carbonyl (C=O) groups excluding carboxylic acids is 1. The molecule has 4 heteroatoms. The summed E-state index contributed by atoms with van der Waals surface area (Å²) in [7, 11) is 1.84. The summed E-state index contributed by atoms with van der Waals surface area (Å²) in [6, 6.07) is 1.85. The molecule has 0 aromatic carbocycles. The van der Waals surface area contributed by atoms with Gasteiger partial charge in [-0.05, 0) is 6.07 Å². The van der Waals surface area contributed by atoms with Gasteiger partial charge < -0.3 is 5.32 Å². The minimum atomic E-state index is 0.144. The monoisotopic (exact) mass is 193 g/mol. The van der Waals surface area contributed by atoms with E-state index >= 15 is 0 Å². The van der Waals surface area contributed by atoms with Crippen LogP contribution >= 0.6 is 0 Å². The van der Waals surface area contributed by atoms with Crippen molar-refractivity contribution in [2.24, 2.45) is 7.05 Å². The minimum absolute atomic E-state index is 0.144. The van der Waals surface area contributed by atoms with Crippen LogP contribution in [-0.2, 0) is 18.3 Å². The first kappa shape index (κ1) is 10.7. The SMILES string of the molecule is C=CCNCC(=O)Cc1ccn(C)n1. The molecule has 1 heterocycles. The maximum atomic E-state index is 11.4. The van der Waals surface area contributed by atoms with Crippen molar-refractivity contribution in [2.45, 2.75) is 6.42 Å². The molecule has 0 aliphatic rings. The number of carbonyl (C=O) groups is 1. The van der Waals surface area contributed by atoms with Crippen LogP contribution in [0.2, 0.25) is 0 Å². The molecule has 76 valence electrons. The van der Waals surface area contributed by atoms with E-state index in [0.717, 1.165) is 5.69 Å². The molecule has 1 rings (SSSR count). The molecule has 0 unspecified atom stereocenters. The Morgan fingerprint density at radius 2 is 2.57 bits per heavy atom. The fraction of sp³-hybridized carbons (Fsp3) is 0.400. The number of hydrogen-bond donors (Lipinski definition) is 1. The van der Waals surface area contributed by atoms with Crippen molar-refractivity contribution in [3.63, 3.8) is 0 Å². The van der Waals surface area contributed by atoms with Gasteiger partial charge in [0.05, 0.1) is 18.7 Å². The normalized spacial score (nSPS) is 10.1. The van der Waals surface area contributed by atoms with E-state index in [1.165, 1.54) is 0 Å². The lowest BCUT2D eigenvalue weighted by atomic mass is 10.2. The Labute approximate surface area is 83.6 Å². The lowest BCUT2D eigenvalue weighted by Gasteiger charge is -1.98. The predicted molar refractivity (Wildman–Crippen MR) is 55.0 cm³/mol. The highest BCUT2D eigenvalue weighted by Crippen LogP contribution is 1.95. The first-order valence-electron chi connectivity index (χ1n) is 4.54. The van der Waals surface area contributed by atoms with Gasteiger partial charge in [0, 0.05) is 19.8 Å². The smallest absolute Gasteiger partial charge is 0.152 e. The van der Waals surface area contributed by atoms with Crippen molar-refractivity contribution in [1.82, 2.24) is 15.1 Å². The van der Waals surface area contributed by atoms with Crippen LogP contribution < -0.4 is 5.32 Å². The Bertz CT molecular complexity index is 317. The fourth-order valence-corrected chi connectivity index (χ4v) is 1.14. The summed E-state index contributed by atoms with van der Waals surface area (Å²) < 4.78 is 1.69. The topological polar surface area (TPSA) is 46.9 Å². The highest BCUT2D eigenvalue weighted by atomic mass is 16.1. The summed E-state index contributed by atoms with van der Waals surface area (Å²) in [5, 5.41) is 7.09. The minimum Gasteiger partial charge on any atom is -0.307 e. The van der Waals surface area contributed by atoms with Crippen molar-refractivity contribution in [3.05, 3.63) is 30.6 Å². The van der Waals surface area contributed by atoms with Crippen molar-refractivity contribution < 1.29 is 4.79 Å². The zero-order valence-electron chi connectivity index (χ0n) is 8.36. The lowest BCUT2D eigenvalue weighted by Crippen LogP contribution is -2.24. The second-order valence-corrected chi connectivity index (χ2v) is 3.12. The molecule has 4 nitrogen and oxygen atoms in total. The van der Waals surface area contributed by atoms with Gasteiger partial charge in [0.15, 0.2) is 5.78 Å². The molecule has 0 saturated carbocycles. The number of nitrogens with one attached hydrogen (secondary N) is 1. The third-order valence-electron chi connectivity index (χ3n) is 1.76. The molecule has 0 aliphatic carbocycles. The van der Waals surface area contributed by atoms with Gasteiger partial charge >= 0.3 is 0 Å². The Balaban J connectivity index is 2.30. The Morgan fingerprint density at radius 1 is 1.79 bits per heavy atom. The summed E-state index contributed by atoms with van der Waals surface area (Å²) in [4.78, 5) is 11.4. The molecule has 14 heavy (non-hydrogen) atoms. The lowest BCUT2D eigenvalue weighted by molar-refractivity contribution is -0.117. The van der Waals surface area contributed by atoms with Gasteiger partial charge in [-0.25, -0.2) is 0 Å². The number of aromatic nitrogens is 2. The molecule has 0 saturated heterocycles. The first-order chi connectivity index (χ1) is 6.72. The average Bonchev–Trinajstić information content (AvgIpc) is 2.52. The quantitative estimate of drug-likeness (QED) is 0.522. The van der Waals surface area contributed by atoms with Gasteiger partial charge in [-0.2, -0.15) is 5.10 Å². The van der Waals surface area contributed by atoms with Crippen LogP contribution in [0.15, 0.2) is 24.9 Å². The van der Waals surface area contributed by atoms with Gasteiger partial charge in [-0.3, -0.25) is 9.48 Å². The maximum absolute atomic E-state index is 11.4. The van der Waals surface area contributed by atoms with Gasteiger partial charge in [0.25, 0.3) is 0 Å². The number of ketones is 1. The van der Waals surface area contributed by atoms with Crippen LogP contribution in [0.1, 0.15) is 5.69 Å². The molecule has 0 atom stereocenters. The molecule has 1 aromatic heterocycles. The van der Waals surface area contributed by atoms with Crippen LogP contribution in [0.25, 0.3) is 0 Å². The second kappa shape index (κ2) is 5.34. The third kappa shape index (κ3) is 3.53. The Morgan fingerprint density at radius 3 is 3.14 bits per heavy atom. The largest absolute Gasteiger partial charge is 0.307 e. The Hall–Kier alpha value is -1.42. The van der Waals surface area contributed by atoms with E-state index in [-0.39, 0.29) is 5.78 Å². The van der Waals surface area contributed by atoms with E-state index in [4.69, 9.17) is 0 Å². The van der Waals surface area contributed by atoms with Crippen LogP contribution in [0.3, 0.4) is 0 Å². The van der Waals surface area contributed by atoms with E-state index in [1.807, 2.05) is 19.3 Å². The van der Waals surface area contributed by atoms with E-state index in [1.54, 1.807) is 10.8 Å². The molecule has 0 aliphatic heterocycles. The number of Topliss-reactive ketones (excluding diaryl/α,β-unsaturated/α-hetero) is 1. The maximum Gasteiger partial charge on any atom is 0.152 e. The summed E-state index contributed by atoms with van der Waals surface area (Å²) in [5.74, 6) is 0.144. The highest BCUT2D eigenvalue weighted by Gasteiger charge is 2.04. The van der Waals surface area contributed by atoms with Gasteiger partial charge in [0.2, 0.25) is 0 Å². The van der Waals surface area contributed by atoms with Crippen LogP contribution in [0.5, 0.6) is 0 Å². The summed E-state index contributed by atoms with van der Waals surface area (Å²) >= 11 is 0. The number of aryl methyl sites for hydroxylation is 1. The molecular weight excluding hydrogens is 178 g/mol. The van der Waals surface area contributed by atoms with E-state index < -0.39 is 0 Å². The van der Waals surface area contributed by atoms with Crippen molar-refractivity contribution in [3.8, 4) is 0 Å². The van der Waals surface area contributed by atoms with Crippen molar-refractivity contribution >= 4 is 5.78 Å². The van der Waals surface area contributed by atoms with Crippen LogP contribution in [0.4, 0.5) is 0 Å². The molecule has 0 fully saturated rings. The Kier molecular flexibility index (Phi) is 4.07. The van der Waals surface area contributed by atoms with Gasteiger partial charge in [0.1, 0.15) is 0 Å². The molecule has 0 amide bonds. The average molecular weight is 193 g/mol.